The molecule has 2 aliphatic heterocycles. The Labute approximate surface area is 165 Å². The molecule has 2 amide bonds. The topological polar surface area (TPSA) is 105 Å². The van der Waals surface area contributed by atoms with Crippen LogP contribution in [0.5, 0.6) is 0 Å². The molecule has 0 unspecified atom stereocenters. The summed E-state index contributed by atoms with van der Waals surface area (Å²) in [5, 5.41) is 0. The van der Waals surface area contributed by atoms with Crippen molar-refractivity contribution in [3.63, 3.8) is 0 Å². The van der Waals surface area contributed by atoms with Crippen molar-refractivity contribution >= 4 is 28.6 Å². The van der Waals surface area contributed by atoms with Gasteiger partial charge in [0.1, 0.15) is 6.10 Å². The Balaban J connectivity index is 1.55. The number of benzene rings is 1. The Kier molecular flexibility index (Phi) is 6.74. The molecule has 1 atom stereocenters. The summed E-state index contributed by atoms with van der Waals surface area (Å²) in [7, 11) is -2.74. The van der Waals surface area contributed by atoms with Crippen LogP contribution < -0.4 is 4.72 Å². The highest BCUT2D eigenvalue weighted by Gasteiger charge is 2.32. The van der Waals surface area contributed by atoms with E-state index in [1.807, 2.05) is 6.92 Å². The van der Waals surface area contributed by atoms with Gasteiger partial charge < -0.3 is 19.3 Å². The molecule has 3 rings (SSSR count). The van der Waals surface area contributed by atoms with E-state index in [4.69, 9.17) is 9.47 Å². The third-order valence-corrected chi connectivity index (χ3v) is 5.38. The Hall–Kier alpha value is -2.33. The summed E-state index contributed by atoms with van der Waals surface area (Å²) in [6.07, 6.45) is 0.983. The molecular weight excluding hydrogens is 386 g/mol. The summed E-state index contributed by atoms with van der Waals surface area (Å²) in [6.45, 7) is 4.34. The Morgan fingerprint density at radius 3 is 2.43 bits per heavy atom. The fourth-order valence-corrected chi connectivity index (χ4v) is 3.75. The quantitative estimate of drug-likeness (QED) is 0.719. The number of hydrogen-bond donors (Lipinski definition) is 2. The zero-order valence-electron chi connectivity index (χ0n) is 15.7. The highest BCUT2D eigenvalue weighted by Crippen LogP contribution is 2.18. The van der Waals surface area contributed by atoms with E-state index in [0.29, 0.717) is 56.9 Å². The van der Waals surface area contributed by atoms with Gasteiger partial charge in [-0.1, -0.05) is 0 Å². The molecule has 2 saturated heterocycles. The molecule has 10 heteroatoms. The van der Waals surface area contributed by atoms with Crippen molar-refractivity contribution in [1.82, 2.24) is 9.80 Å². The standard InChI is InChI=1S/C18H25N3O6S/c1-13-12-20(18(23)27-16-6-10-26-11-7-16)8-9-21(13)17(22)14-2-4-15(5-3-14)19-28(24)25/h2-5,13,16,28H,6-12H2,1H3,(H,19,24,25)/t13-/m1/s1. The molecule has 28 heavy (non-hydrogen) atoms. The first kappa shape index (κ1) is 20.4. The molecule has 154 valence electrons. The number of nitrogens with one attached hydrogen (secondary N) is 1. The summed E-state index contributed by atoms with van der Waals surface area (Å²) in [6, 6.07) is 6.11. The fourth-order valence-electron chi connectivity index (χ4n) is 3.39. The maximum absolute atomic E-state index is 12.8. The number of carbonyl (C=O) groups excluding carboxylic acids is 2. The molecule has 9 nitrogen and oxygen atoms in total. The second kappa shape index (κ2) is 9.24. The predicted octanol–water partition coefficient (Wildman–Crippen LogP) is 1.09. The number of anilines is 1. The first-order chi connectivity index (χ1) is 13.4. The van der Waals surface area contributed by atoms with E-state index in [9.17, 15) is 18.0 Å². The zero-order chi connectivity index (χ0) is 20.1. The number of hydrogen-bond acceptors (Lipinski definition) is 6. The first-order valence-corrected chi connectivity index (χ1v) is 10.5. The van der Waals surface area contributed by atoms with Crippen LogP contribution in [-0.4, -0.2) is 75.2 Å². The van der Waals surface area contributed by atoms with Gasteiger partial charge in [-0.2, -0.15) is 0 Å². The number of rotatable bonds is 4. The molecule has 2 fully saturated rings. The van der Waals surface area contributed by atoms with Crippen LogP contribution in [0.2, 0.25) is 0 Å². The van der Waals surface area contributed by atoms with Crippen molar-refractivity contribution in [3.05, 3.63) is 29.8 Å². The van der Waals surface area contributed by atoms with Gasteiger partial charge in [0.25, 0.3) is 5.91 Å². The molecule has 0 aliphatic carbocycles. The molecule has 1 aromatic carbocycles. The van der Waals surface area contributed by atoms with Crippen LogP contribution in [0.3, 0.4) is 0 Å². The summed E-state index contributed by atoms with van der Waals surface area (Å²) in [5.41, 5.74) is 0.873. The van der Waals surface area contributed by atoms with Crippen LogP contribution in [0.4, 0.5) is 10.5 Å². The monoisotopic (exact) mass is 411 g/mol. The third kappa shape index (κ3) is 5.14. The maximum Gasteiger partial charge on any atom is 0.410 e. The lowest BCUT2D eigenvalue weighted by Gasteiger charge is -2.40. The molecular formula is C18H25N3O6S. The number of piperazine rings is 1. The molecule has 0 aromatic heterocycles. The number of amides is 2. The smallest absolute Gasteiger partial charge is 0.410 e. The van der Waals surface area contributed by atoms with Crippen LogP contribution in [0, 0.1) is 0 Å². The van der Waals surface area contributed by atoms with E-state index in [1.165, 1.54) is 0 Å². The van der Waals surface area contributed by atoms with Crippen LogP contribution in [0.25, 0.3) is 0 Å². The van der Waals surface area contributed by atoms with Gasteiger partial charge in [0, 0.05) is 49.8 Å². The maximum atomic E-state index is 12.8. The van der Waals surface area contributed by atoms with Crippen molar-refractivity contribution in [2.45, 2.75) is 31.9 Å². The van der Waals surface area contributed by atoms with Crippen molar-refractivity contribution in [2.24, 2.45) is 0 Å². The van der Waals surface area contributed by atoms with Crippen LogP contribution in [-0.2, 0) is 20.4 Å². The second-order valence-corrected chi connectivity index (χ2v) is 7.67. The van der Waals surface area contributed by atoms with Gasteiger partial charge in [-0.15, -0.1) is 0 Å². The minimum absolute atomic E-state index is 0.104. The molecule has 0 spiro atoms. The average molecular weight is 411 g/mol. The second-order valence-electron chi connectivity index (χ2n) is 6.94. The molecule has 1 N–H and O–H groups in total. The third-order valence-electron chi connectivity index (χ3n) is 4.93. The fraction of sp³-hybridized carbons (Fsp3) is 0.556. The van der Waals surface area contributed by atoms with Crippen molar-refractivity contribution in [1.29, 1.82) is 0 Å². The summed E-state index contributed by atoms with van der Waals surface area (Å²) in [4.78, 5) is 28.5. The normalized spacial score (nSPS) is 20.9. The van der Waals surface area contributed by atoms with Gasteiger partial charge in [-0.3, -0.25) is 9.52 Å². The van der Waals surface area contributed by atoms with Gasteiger partial charge in [-0.25, -0.2) is 13.2 Å². The number of ether oxygens (including phenoxy) is 2. The number of nitrogens with zero attached hydrogens (tertiary/aromatic N) is 2. The van der Waals surface area contributed by atoms with E-state index >= 15 is 0 Å². The minimum atomic E-state index is -2.74. The molecule has 0 bridgehead atoms. The molecule has 0 saturated carbocycles. The SMILES string of the molecule is C[C@@H]1CN(C(=O)OC2CCOCC2)CCN1C(=O)c1ccc(N[SH](=O)=O)cc1. The lowest BCUT2D eigenvalue weighted by Crippen LogP contribution is -2.55. The predicted molar refractivity (Wildman–Crippen MR) is 103 cm³/mol. The van der Waals surface area contributed by atoms with Crippen molar-refractivity contribution < 1.29 is 27.5 Å². The molecule has 2 heterocycles. The Bertz CT molecular complexity index is 768. The van der Waals surface area contributed by atoms with Gasteiger partial charge in [0.2, 0.25) is 10.9 Å². The Morgan fingerprint density at radius 2 is 1.82 bits per heavy atom. The van der Waals surface area contributed by atoms with E-state index in [2.05, 4.69) is 4.72 Å². The van der Waals surface area contributed by atoms with E-state index in [-0.39, 0.29) is 24.1 Å². The molecule has 2 aliphatic rings. The highest BCUT2D eigenvalue weighted by atomic mass is 32.2. The van der Waals surface area contributed by atoms with Crippen LogP contribution in [0.15, 0.2) is 24.3 Å². The van der Waals surface area contributed by atoms with Gasteiger partial charge >= 0.3 is 6.09 Å². The molecule has 1 aromatic rings. The summed E-state index contributed by atoms with van der Waals surface area (Å²) in [5.74, 6) is -0.150. The van der Waals surface area contributed by atoms with Crippen molar-refractivity contribution in [2.75, 3.05) is 37.6 Å². The van der Waals surface area contributed by atoms with Gasteiger partial charge in [0.05, 0.1) is 13.2 Å². The van der Waals surface area contributed by atoms with E-state index in [1.54, 1.807) is 34.1 Å². The van der Waals surface area contributed by atoms with Crippen LogP contribution in [0.1, 0.15) is 30.1 Å². The zero-order valence-corrected chi connectivity index (χ0v) is 16.6. The highest BCUT2D eigenvalue weighted by molar-refractivity contribution is 7.73. The largest absolute Gasteiger partial charge is 0.446 e. The molecule has 0 radical (unpaired) electrons. The van der Waals surface area contributed by atoms with Gasteiger partial charge in [0.15, 0.2) is 0 Å². The van der Waals surface area contributed by atoms with Crippen LogP contribution >= 0.6 is 0 Å². The minimum Gasteiger partial charge on any atom is -0.446 e. The lowest BCUT2D eigenvalue weighted by molar-refractivity contribution is -0.0173. The Morgan fingerprint density at radius 1 is 1.14 bits per heavy atom. The van der Waals surface area contributed by atoms with Crippen molar-refractivity contribution in [3.8, 4) is 0 Å². The van der Waals surface area contributed by atoms with Gasteiger partial charge in [-0.05, 0) is 31.2 Å². The number of carbonyl (C=O) groups is 2. The van der Waals surface area contributed by atoms with E-state index in [0.717, 1.165) is 0 Å². The number of thiol groups is 1. The first-order valence-electron chi connectivity index (χ1n) is 9.29. The van der Waals surface area contributed by atoms with E-state index < -0.39 is 10.9 Å². The summed E-state index contributed by atoms with van der Waals surface area (Å²) < 4.78 is 34.5. The lowest BCUT2D eigenvalue weighted by atomic mass is 10.1. The summed E-state index contributed by atoms with van der Waals surface area (Å²) >= 11 is 0. The average Bonchev–Trinajstić information content (AvgIpc) is 2.68.